The number of ether oxygens (including phenoxy) is 2. The van der Waals surface area contributed by atoms with Crippen molar-refractivity contribution < 1.29 is 19.1 Å². The van der Waals surface area contributed by atoms with Gasteiger partial charge in [-0.05, 0) is 44.4 Å². The minimum atomic E-state index is -0.765. The van der Waals surface area contributed by atoms with Crippen molar-refractivity contribution in [1.82, 2.24) is 0 Å². The van der Waals surface area contributed by atoms with Crippen LogP contribution in [0.3, 0.4) is 0 Å². The lowest BCUT2D eigenvalue weighted by atomic mass is 9.87. The highest BCUT2D eigenvalue weighted by Crippen LogP contribution is 2.25. The Bertz CT molecular complexity index is 556. The zero-order valence-corrected chi connectivity index (χ0v) is 14.6. The molecule has 0 heterocycles. The standard InChI is InChI=1S/C19H26O4/c1-6-22-16(20)14-18(2,3)12-13-19(4,5)23-17(21)15-10-8-7-9-11-15/h7-13H,6,14H2,1-5H3/b13-12+. The van der Waals surface area contributed by atoms with Gasteiger partial charge in [0.1, 0.15) is 5.60 Å². The fourth-order valence-corrected chi connectivity index (χ4v) is 1.98. The van der Waals surface area contributed by atoms with E-state index in [0.29, 0.717) is 12.2 Å². The van der Waals surface area contributed by atoms with E-state index < -0.39 is 5.60 Å². The van der Waals surface area contributed by atoms with Crippen LogP contribution in [0.1, 0.15) is 51.4 Å². The molecule has 1 aromatic carbocycles. The molecule has 0 bridgehead atoms. The number of rotatable bonds is 7. The summed E-state index contributed by atoms with van der Waals surface area (Å²) in [5, 5.41) is 0. The van der Waals surface area contributed by atoms with Crippen LogP contribution in [0.25, 0.3) is 0 Å². The molecule has 0 unspecified atom stereocenters. The maximum absolute atomic E-state index is 12.1. The number of benzene rings is 1. The first-order valence-corrected chi connectivity index (χ1v) is 7.79. The van der Waals surface area contributed by atoms with Crippen LogP contribution in [0, 0.1) is 5.41 Å². The molecule has 0 aliphatic carbocycles. The molecule has 126 valence electrons. The van der Waals surface area contributed by atoms with E-state index in [0.717, 1.165) is 0 Å². The van der Waals surface area contributed by atoms with Gasteiger partial charge in [0, 0.05) is 0 Å². The summed E-state index contributed by atoms with van der Waals surface area (Å²) in [5.41, 5.74) is -0.624. The van der Waals surface area contributed by atoms with Gasteiger partial charge in [-0.25, -0.2) is 4.79 Å². The van der Waals surface area contributed by atoms with Crippen molar-refractivity contribution in [3.63, 3.8) is 0 Å². The molecule has 0 aromatic heterocycles. The first-order chi connectivity index (χ1) is 10.7. The van der Waals surface area contributed by atoms with E-state index >= 15 is 0 Å². The molecule has 1 aromatic rings. The summed E-state index contributed by atoms with van der Waals surface area (Å²) in [4.78, 5) is 23.7. The molecule has 0 atom stereocenters. The Hall–Kier alpha value is -2.10. The van der Waals surface area contributed by atoms with Crippen LogP contribution in [0.5, 0.6) is 0 Å². The molecule has 0 saturated carbocycles. The monoisotopic (exact) mass is 318 g/mol. The van der Waals surface area contributed by atoms with Crippen LogP contribution < -0.4 is 0 Å². The van der Waals surface area contributed by atoms with Gasteiger partial charge in [-0.1, -0.05) is 38.1 Å². The fourth-order valence-electron chi connectivity index (χ4n) is 1.98. The second kappa shape index (κ2) is 7.95. The second-order valence-corrected chi connectivity index (χ2v) is 6.66. The minimum absolute atomic E-state index is 0.235. The molecular formula is C19H26O4. The van der Waals surface area contributed by atoms with Gasteiger partial charge < -0.3 is 9.47 Å². The van der Waals surface area contributed by atoms with Crippen LogP contribution in [-0.4, -0.2) is 24.1 Å². The number of hydrogen-bond acceptors (Lipinski definition) is 4. The Kier molecular flexibility index (Phi) is 6.55. The van der Waals surface area contributed by atoms with E-state index in [4.69, 9.17) is 9.47 Å². The largest absolute Gasteiger partial charge is 0.466 e. The third-order valence-corrected chi connectivity index (χ3v) is 3.21. The van der Waals surface area contributed by atoms with E-state index in [1.165, 1.54) is 0 Å². The zero-order valence-electron chi connectivity index (χ0n) is 14.6. The molecule has 4 nitrogen and oxygen atoms in total. The van der Waals surface area contributed by atoms with Gasteiger partial charge in [-0.2, -0.15) is 0 Å². The molecule has 0 N–H and O–H groups in total. The van der Waals surface area contributed by atoms with Gasteiger partial charge in [0.25, 0.3) is 0 Å². The maximum Gasteiger partial charge on any atom is 0.338 e. The molecule has 0 fully saturated rings. The van der Waals surface area contributed by atoms with E-state index in [2.05, 4.69) is 0 Å². The Morgan fingerprint density at radius 3 is 2.22 bits per heavy atom. The van der Waals surface area contributed by atoms with Crippen molar-refractivity contribution in [2.24, 2.45) is 5.41 Å². The molecular weight excluding hydrogens is 292 g/mol. The smallest absolute Gasteiger partial charge is 0.338 e. The highest BCUT2D eigenvalue weighted by atomic mass is 16.6. The van der Waals surface area contributed by atoms with Crippen molar-refractivity contribution in [3.05, 3.63) is 48.0 Å². The Morgan fingerprint density at radius 1 is 1.04 bits per heavy atom. The predicted octanol–water partition coefficient (Wildman–Crippen LogP) is 4.16. The maximum atomic E-state index is 12.1. The van der Waals surface area contributed by atoms with E-state index in [1.54, 1.807) is 31.2 Å². The molecule has 0 aliphatic rings. The Balaban J connectivity index is 2.69. The summed E-state index contributed by atoms with van der Waals surface area (Å²) in [7, 11) is 0. The molecule has 0 aliphatic heterocycles. The van der Waals surface area contributed by atoms with Crippen molar-refractivity contribution in [2.45, 2.75) is 46.6 Å². The summed E-state index contributed by atoms with van der Waals surface area (Å²) in [6.07, 6.45) is 3.98. The lowest BCUT2D eigenvalue weighted by Crippen LogP contribution is -2.27. The summed E-state index contributed by atoms with van der Waals surface area (Å²) < 4.78 is 10.5. The molecule has 0 radical (unpaired) electrons. The SMILES string of the molecule is CCOC(=O)CC(C)(C)/C=C/C(C)(C)OC(=O)c1ccccc1. The number of carbonyl (C=O) groups excluding carboxylic acids is 2. The van der Waals surface area contributed by atoms with E-state index in [9.17, 15) is 9.59 Å². The number of hydrogen-bond donors (Lipinski definition) is 0. The number of allylic oxidation sites excluding steroid dienone is 1. The highest BCUT2D eigenvalue weighted by Gasteiger charge is 2.24. The van der Waals surface area contributed by atoms with Gasteiger partial charge in [0.2, 0.25) is 0 Å². The van der Waals surface area contributed by atoms with E-state index in [1.807, 2.05) is 45.9 Å². The molecule has 1 rings (SSSR count). The van der Waals surface area contributed by atoms with Crippen molar-refractivity contribution in [1.29, 1.82) is 0 Å². The molecule has 0 spiro atoms. The van der Waals surface area contributed by atoms with Crippen LogP contribution in [0.2, 0.25) is 0 Å². The number of carbonyl (C=O) groups is 2. The average molecular weight is 318 g/mol. The molecule has 0 saturated heterocycles. The summed E-state index contributed by atoms with van der Waals surface area (Å²) >= 11 is 0. The van der Waals surface area contributed by atoms with Crippen molar-refractivity contribution in [3.8, 4) is 0 Å². The van der Waals surface area contributed by atoms with Gasteiger partial charge in [0.05, 0.1) is 18.6 Å². The average Bonchev–Trinajstić information content (AvgIpc) is 2.46. The Morgan fingerprint density at radius 2 is 1.65 bits per heavy atom. The topological polar surface area (TPSA) is 52.6 Å². The summed E-state index contributed by atoms with van der Waals surface area (Å²) in [6.45, 7) is 9.66. The van der Waals surface area contributed by atoms with Crippen molar-refractivity contribution >= 4 is 11.9 Å². The first kappa shape index (κ1) is 18.9. The lowest BCUT2D eigenvalue weighted by Gasteiger charge is -2.25. The highest BCUT2D eigenvalue weighted by molar-refractivity contribution is 5.89. The third kappa shape index (κ3) is 7.13. The fraction of sp³-hybridized carbons (Fsp3) is 0.474. The predicted molar refractivity (Wildman–Crippen MR) is 90.1 cm³/mol. The van der Waals surface area contributed by atoms with Crippen molar-refractivity contribution in [2.75, 3.05) is 6.61 Å². The van der Waals surface area contributed by atoms with Crippen LogP contribution in [0.15, 0.2) is 42.5 Å². The normalized spacial score (nSPS) is 12.2. The van der Waals surface area contributed by atoms with Crippen LogP contribution in [0.4, 0.5) is 0 Å². The van der Waals surface area contributed by atoms with Gasteiger partial charge in [0.15, 0.2) is 0 Å². The Labute approximate surface area is 138 Å². The number of esters is 2. The van der Waals surface area contributed by atoms with Crippen LogP contribution >= 0.6 is 0 Å². The zero-order chi connectivity index (χ0) is 17.5. The minimum Gasteiger partial charge on any atom is -0.466 e. The molecule has 4 heteroatoms. The molecule has 23 heavy (non-hydrogen) atoms. The summed E-state index contributed by atoms with van der Waals surface area (Å²) in [5.74, 6) is -0.607. The quantitative estimate of drug-likeness (QED) is 0.559. The lowest BCUT2D eigenvalue weighted by molar-refractivity contribution is -0.144. The van der Waals surface area contributed by atoms with Gasteiger partial charge in [-0.3, -0.25) is 4.79 Å². The van der Waals surface area contributed by atoms with Crippen LogP contribution in [-0.2, 0) is 14.3 Å². The first-order valence-electron chi connectivity index (χ1n) is 7.79. The summed E-state index contributed by atoms with van der Waals surface area (Å²) in [6, 6.07) is 8.86. The third-order valence-electron chi connectivity index (χ3n) is 3.21. The van der Waals surface area contributed by atoms with Gasteiger partial charge >= 0.3 is 11.9 Å². The van der Waals surface area contributed by atoms with Gasteiger partial charge in [-0.15, -0.1) is 0 Å². The molecule has 0 amide bonds. The van der Waals surface area contributed by atoms with E-state index in [-0.39, 0.29) is 23.8 Å². The second-order valence-electron chi connectivity index (χ2n) is 6.66.